The van der Waals surface area contributed by atoms with Crippen molar-refractivity contribution in [1.29, 1.82) is 0 Å². The first-order chi connectivity index (χ1) is 9.98. The summed E-state index contributed by atoms with van der Waals surface area (Å²) in [6.07, 6.45) is 0. The van der Waals surface area contributed by atoms with Gasteiger partial charge in [0.05, 0.1) is 10.6 Å². The van der Waals surface area contributed by atoms with E-state index in [9.17, 15) is 8.42 Å². The summed E-state index contributed by atoms with van der Waals surface area (Å²) in [5.41, 5.74) is 1.83. The minimum atomic E-state index is -3.51. The van der Waals surface area contributed by atoms with Crippen molar-refractivity contribution in [3.05, 3.63) is 54.1 Å². The molecule has 0 aromatic heterocycles. The Balaban J connectivity index is 2.09. The zero-order valence-electron chi connectivity index (χ0n) is 12.0. The van der Waals surface area contributed by atoms with E-state index in [4.69, 9.17) is 0 Å². The van der Waals surface area contributed by atoms with E-state index in [0.717, 1.165) is 16.1 Å². The molecule has 3 nitrogen and oxygen atoms in total. The van der Waals surface area contributed by atoms with Crippen LogP contribution in [0.3, 0.4) is 0 Å². The van der Waals surface area contributed by atoms with Gasteiger partial charge in [-0.3, -0.25) is 4.31 Å². The van der Waals surface area contributed by atoms with Crippen LogP contribution in [0.1, 0.15) is 12.5 Å². The van der Waals surface area contributed by atoms with Gasteiger partial charge in [0.1, 0.15) is 0 Å². The van der Waals surface area contributed by atoms with E-state index in [1.54, 1.807) is 23.9 Å². The van der Waals surface area contributed by atoms with E-state index in [2.05, 4.69) is 6.92 Å². The van der Waals surface area contributed by atoms with Crippen LogP contribution in [0.5, 0.6) is 0 Å². The third-order valence-corrected chi connectivity index (χ3v) is 6.44. The highest BCUT2D eigenvalue weighted by molar-refractivity contribution is 8.00. The molecule has 1 heterocycles. The fourth-order valence-electron chi connectivity index (χ4n) is 2.41. The van der Waals surface area contributed by atoms with Crippen molar-refractivity contribution in [2.75, 3.05) is 10.8 Å². The third kappa shape index (κ3) is 2.68. The molecular formula is C16H17NO2S2. The number of sulfonamides is 1. The third-order valence-electron chi connectivity index (χ3n) is 3.49. The van der Waals surface area contributed by atoms with Crippen molar-refractivity contribution in [1.82, 2.24) is 0 Å². The van der Waals surface area contributed by atoms with Crippen LogP contribution in [0.2, 0.25) is 0 Å². The summed E-state index contributed by atoms with van der Waals surface area (Å²) in [7, 11) is -3.51. The fraction of sp³-hybridized carbons (Fsp3) is 0.250. The van der Waals surface area contributed by atoms with Crippen LogP contribution in [0.25, 0.3) is 0 Å². The molecule has 1 atom stereocenters. The number of thioether (sulfide) groups is 1. The maximum atomic E-state index is 12.9. The number of rotatable bonds is 2. The summed E-state index contributed by atoms with van der Waals surface area (Å²) in [6, 6.07) is 14.7. The van der Waals surface area contributed by atoms with Crippen LogP contribution in [-0.2, 0) is 10.0 Å². The predicted molar refractivity (Wildman–Crippen MR) is 87.5 cm³/mol. The van der Waals surface area contributed by atoms with Gasteiger partial charge in [0.15, 0.2) is 0 Å². The summed E-state index contributed by atoms with van der Waals surface area (Å²) in [6.45, 7) is 4.50. The van der Waals surface area contributed by atoms with Gasteiger partial charge in [-0.2, -0.15) is 0 Å². The molecule has 0 saturated carbocycles. The second kappa shape index (κ2) is 5.39. The van der Waals surface area contributed by atoms with Crippen LogP contribution in [0.15, 0.2) is 58.3 Å². The lowest BCUT2D eigenvalue weighted by Crippen LogP contribution is -2.38. The van der Waals surface area contributed by atoms with Crippen LogP contribution in [0.4, 0.5) is 5.69 Å². The maximum absolute atomic E-state index is 12.9. The quantitative estimate of drug-likeness (QED) is 0.847. The van der Waals surface area contributed by atoms with Gasteiger partial charge in [-0.05, 0) is 31.2 Å². The van der Waals surface area contributed by atoms with Crippen LogP contribution >= 0.6 is 11.8 Å². The van der Waals surface area contributed by atoms with E-state index in [-0.39, 0.29) is 5.25 Å². The Labute approximate surface area is 130 Å². The van der Waals surface area contributed by atoms with Gasteiger partial charge in [-0.15, -0.1) is 11.8 Å². The topological polar surface area (TPSA) is 37.4 Å². The summed E-state index contributed by atoms with van der Waals surface area (Å²) in [4.78, 5) is 1.37. The predicted octanol–water partition coefficient (Wildman–Crippen LogP) is 3.68. The number of fused-ring (bicyclic) bond motifs is 1. The lowest BCUT2D eigenvalue weighted by atomic mass is 10.2. The summed E-state index contributed by atoms with van der Waals surface area (Å²) < 4.78 is 27.4. The molecule has 0 bridgehead atoms. The molecule has 0 radical (unpaired) electrons. The van der Waals surface area contributed by atoms with Crippen molar-refractivity contribution in [2.45, 2.75) is 28.9 Å². The van der Waals surface area contributed by atoms with Crippen molar-refractivity contribution >= 4 is 27.5 Å². The molecule has 21 heavy (non-hydrogen) atoms. The Morgan fingerprint density at radius 2 is 1.76 bits per heavy atom. The molecule has 2 aromatic carbocycles. The first-order valence-electron chi connectivity index (χ1n) is 6.83. The maximum Gasteiger partial charge on any atom is 0.264 e. The molecule has 0 aliphatic carbocycles. The van der Waals surface area contributed by atoms with Crippen LogP contribution in [0, 0.1) is 6.92 Å². The Bertz CT molecular complexity index is 754. The van der Waals surface area contributed by atoms with Crippen molar-refractivity contribution < 1.29 is 8.42 Å². The zero-order valence-corrected chi connectivity index (χ0v) is 13.6. The van der Waals surface area contributed by atoms with Gasteiger partial charge < -0.3 is 0 Å². The summed E-state index contributed by atoms with van der Waals surface area (Å²) >= 11 is 1.72. The van der Waals surface area contributed by atoms with Crippen molar-refractivity contribution in [3.8, 4) is 0 Å². The van der Waals surface area contributed by atoms with Gasteiger partial charge in [0.2, 0.25) is 0 Å². The SMILES string of the molecule is Cc1ccc(S(=O)(=O)N2C[C@H](C)Sc3ccccc32)cc1. The fourth-order valence-corrected chi connectivity index (χ4v) is 5.25. The van der Waals surface area contributed by atoms with Gasteiger partial charge in [0, 0.05) is 16.7 Å². The molecule has 0 amide bonds. The number of nitrogens with zero attached hydrogens (tertiary/aromatic N) is 1. The smallest absolute Gasteiger partial charge is 0.264 e. The second-order valence-electron chi connectivity index (χ2n) is 5.25. The van der Waals surface area contributed by atoms with E-state index in [0.29, 0.717) is 11.4 Å². The number of hydrogen-bond donors (Lipinski definition) is 0. The summed E-state index contributed by atoms with van der Waals surface area (Å²) in [5, 5.41) is 0.236. The molecular weight excluding hydrogens is 302 g/mol. The largest absolute Gasteiger partial charge is 0.264 e. The molecule has 110 valence electrons. The first kappa shape index (κ1) is 14.5. The van der Waals surface area contributed by atoms with E-state index in [1.807, 2.05) is 43.3 Å². The van der Waals surface area contributed by atoms with Crippen molar-refractivity contribution in [3.63, 3.8) is 0 Å². The van der Waals surface area contributed by atoms with Gasteiger partial charge in [0.25, 0.3) is 10.0 Å². The normalized spacial score (nSPS) is 18.4. The van der Waals surface area contributed by atoms with Gasteiger partial charge in [-0.1, -0.05) is 36.8 Å². The van der Waals surface area contributed by atoms with Gasteiger partial charge in [-0.25, -0.2) is 8.42 Å². The Kier molecular flexibility index (Phi) is 3.71. The second-order valence-corrected chi connectivity index (χ2v) is 8.59. The highest BCUT2D eigenvalue weighted by atomic mass is 32.2. The molecule has 3 rings (SSSR count). The molecule has 2 aromatic rings. The number of aryl methyl sites for hydroxylation is 1. The average molecular weight is 319 g/mol. The molecule has 0 spiro atoms. The molecule has 0 unspecified atom stereocenters. The number of anilines is 1. The molecule has 0 saturated heterocycles. The molecule has 0 N–H and O–H groups in total. The highest BCUT2D eigenvalue weighted by Gasteiger charge is 2.31. The number of hydrogen-bond acceptors (Lipinski definition) is 3. The lowest BCUT2D eigenvalue weighted by molar-refractivity contribution is 0.589. The Morgan fingerprint density at radius 3 is 2.48 bits per heavy atom. The number of para-hydroxylation sites is 1. The number of benzene rings is 2. The minimum absolute atomic E-state index is 0.236. The zero-order chi connectivity index (χ0) is 15.0. The van der Waals surface area contributed by atoms with Crippen molar-refractivity contribution in [2.24, 2.45) is 0 Å². The van der Waals surface area contributed by atoms with Crippen LogP contribution < -0.4 is 4.31 Å². The Hall–Kier alpha value is -1.46. The monoisotopic (exact) mass is 319 g/mol. The molecule has 5 heteroatoms. The van der Waals surface area contributed by atoms with Gasteiger partial charge >= 0.3 is 0 Å². The molecule has 0 fully saturated rings. The average Bonchev–Trinajstić information content (AvgIpc) is 2.46. The highest BCUT2D eigenvalue weighted by Crippen LogP contribution is 2.40. The van der Waals surface area contributed by atoms with E-state index in [1.165, 1.54) is 4.31 Å². The Morgan fingerprint density at radius 1 is 1.10 bits per heavy atom. The van der Waals surface area contributed by atoms with E-state index < -0.39 is 10.0 Å². The standard InChI is InChI=1S/C16H17NO2S2/c1-12-7-9-14(10-8-12)21(18,19)17-11-13(2)20-16-6-4-3-5-15(16)17/h3-10,13H,11H2,1-2H3/t13-/m0/s1. The lowest BCUT2D eigenvalue weighted by Gasteiger charge is -2.33. The molecule has 1 aliphatic rings. The first-order valence-corrected chi connectivity index (χ1v) is 9.15. The van der Waals surface area contributed by atoms with Crippen LogP contribution in [-0.4, -0.2) is 20.2 Å². The van der Waals surface area contributed by atoms with E-state index >= 15 is 0 Å². The molecule has 1 aliphatic heterocycles. The summed E-state index contributed by atoms with van der Waals surface area (Å²) in [5.74, 6) is 0. The minimum Gasteiger partial charge on any atom is -0.264 e.